The molecule has 1 N–H and O–H groups in total. The SMILES string of the molecule is Cc1ccc(CSCC(=O)NCc2ccc(N3CCN(C)CC3)cc2)cc1. The topological polar surface area (TPSA) is 35.6 Å². The van der Waals surface area contributed by atoms with Crippen LogP contribution in [0, 0.1) is 6.92 Å². The summed E-state index contributed by atoms with van der Waals surface area (Å²) in [4.78, 5) is 16.8. The van der Waals surface area contributed by atoms with E-state index in [0.717, 1.165) is 37.5 Å². The van der Waals surface area contributed by atoms with Crippen LogP contribution in [-0.2, 0) is 17.1 Å². The van der Waals surface area contributed by atoms with Crippen molar-refractivity contribution < 1.29 is 4.79 Å². The number of rotatable bonds is 7. The molecule has 1 amide bonds. The van der Waals surface area contributed by atoms with Gasteiger partial charge in [0.2, 0.25) is 5.91 Å². The van der Waals surface area contributed by atoms with Gasteiger partial charge in [-0.3, -0.25) is 4.79 Å². The van der Waals surface area contributed by atoms with E-state index in [2.05, 4.69) is 77.6 Å². The van der Waals surface area contributed by atoms with Crippen LogP contribution in [0.2, 0.25) is 0 Å². The van der Waals surface area contributed by atoms with Crippen LogP contribution in [0.4, 0.5) is 5.69 Å². The van der Waals surface area contributed by atoms with Crippen LogP contribution >= 0.6 is 11.8 Å². The van der Waals surface area contributed by atoms with Gasteiger partial charge in [0.15, 0.2) is 0 Å². The summed E-state index contributed by atoms with van der Waals surface area (Å²) in [6.07, 6.45) is 0. The Bertz CT molecular complexity index is 722. The van der Waals surface area contributed by atoms with E-state index in [1.54, 1.807) is 11.8 Å². The second-order valence-electron chi connectivity index (χ2n) is 7.21. The molecule has 3 rings (SSSR count). The molecule has 0 spiro atoms. The first-order valence-electron chi connectivity index (χ1n) is 9.52. The number of likely N-dealkylation sites (N-methyl/N-ethyl adjacent to an activating group) is 1. The summed E-state index contributed by atoms with van der Waals surface area (Å²) < 4.78 is 0. The van der Waals surface area contributed by atoms with Crippen molar-refractivity contribution in [2.75, 3.05) is 43.9 Å². The lowest BCUT2D eigenvalue weighted by atomic mass is 10.2. The van der Waals surface area contributed by atoms with Gasteiger partial charge in [0.05, 0.1) is 5.75 Å². The van der Waals surface area contributed by atoms with Crippen molar-refractivity contribution in [1.29, 1.82) is 0 Å². The van der Waals surface area contributed by atoms with Gasteiger partial charge in [-0.2, -0.15) is 0 Å². The van der Waals surface area contributed by atoms with E-state index in [1.165, 1.54) is 16.8 Å². The van der Waals surface area contributed by atoms with E-state index in [1.807, 2.05) is 0 Å². The third kappa shape index (κ3) is 6.29. The molecule has 144 valence electrons. The van der Waals surface area contributed by atoms with Gasteiger partial charge in [-0.15, -0.1) is 11.8 Å². The molecule has 0 aliphatic carbocycles. The normalized spacial score (nSPS) is 15.0. The Balaban J connectivity index is 1.37. The molecule has 0 radical (unpaired) electrons. The summed E-state index contributed by atoms with van der Waals surface area (Å²) in [5.74, 6) is 1.45. The summed E-state index contributed by atoms with van der Waals surface area (Å²) in [6, 6.07) is 17.0. The number of carbonyl (C=O) groups is 1. The number of nitrogens with one attached hydrogen (secondary N) is 1. The molecule has 2 aromatic rings. The Morgan fingerprint density at radius 3 is 2.26 bits per heavy atom. The zero-order valence-electron chi connectivity index (χ0n) is 16.3. The Morgan fingerprint density at radius 2 is 1.59 bits per heavy atom. The first-order chi connectivity index (χ1) is 13.1. The summed E-state index contributed by atoms with van der Waals surface area (Å²) in [5.41, 5.74) is 4.94. The van der Waals surface area contributed by atoms with Crippen LogP contribution in [0.15, 0.2) is 48.5 Å². The monoisotopic (exact) mass is 383 g/mol. The average molecular weight is 384 g/mol. The quantitative estimate of drug-likeness (QED) is 0.796. The number of hydrogen-bond donors (Lipinski definition) is 1. The highest BCUT2D eigenvalue weighted by Gasteiger charge is 2.13. The molecule has 0 aromatic heterocycles. The fraction of sp³-hybridized carbons (Fsp3) is 0.409. The van der Waals surface area contributed by atoms with Crippen LogP contribution < -0.4 is 10.2 Å². The Morgan fingerprint density at radius 1 is 0.963 bits per heavy atom. The van der Waals surface area contributed by atoms with Gasteiger partial charge < -0.3 is 15.1 Å². The number of thioether (sulfide) groups is 1. The summed E-state index contributed by atoms with van der Waals surface area (Å²) in [7, 11) is 2.17. The minimum absolute atomic E-state index is 0.0928. The zero-order chi connectivity index (χ0) is 19.1. The maximum atomic E-state index is 12.1. The van der Waals surface area contributed by atoms with Gasteiger partial charge >= 0.3 is 0 Å². The molecular formula is C22H29N3OS. The molecule has 5 heteroatoms. The molecule has 4 nitrogen and oxygen atoms in total. The van der Waals surface area contributed by atoms with E-state index >= 15 is 0 Å². The van der Waals surface area contributed by atoms with E-state index in [-0.39, 0.29) is 5.91 Å². The van der Waals surface area contributed by atoms with Crippen LogP contribution in [0.5, 0.6) is 0 Å². The molecule has 0 bridgehead atoms. The van der Waals surface area contributed by atoms with Crippen LogP contribution in [0.3, 0.4) is 0 Å². The minimum atomic E-state index is 0.0928. The molecule has 1 heterocycles. The third-order valence-electron chi connectivity index (χ3n) is 4.92. The number of carbonyl (C=O) groups excluding carboxylic acids is 1. The number of anilines is 1. The van der Waals surface area contributed by atoms with Gasteiger partial charge in [0.25, 0.3) is 0 Å². The standard InChI is InChI=1S/C22H29N3OS/c1-18-3-5-20(6-4-18)16-27-17-22(26)23-15-19-7-9-21(10-8-19)25-13-11-24(2)12-14-25/h3-10H,11-17H2,1-2H3,(H,23,26). The van der Waals surface area contributed by atoms with Gasteiger partial charge in [-0.25, -0.2) is 0 Å². The van der Waals surface area contributed by atoms with Crippen molar-refractivity contribution in [3.8, 4) is 0 Å². The van der Waals surface area contributed by atoms with E-state index in [4.69, 9.17) is 0 Å². The molecule has 1 aliphatic heterocycles. The predicted molar refractivity (Wildman–Crippen MR) is 115 cm³/mol. The van der Waals surface area contributed by atoms with Crippen molar-refractivity contribution >= 4 is 23.4 Å². The summed E-state index contributed by atoms with van der Waals surface area (Å²) in [6.45, 7) is 7.04. The fourth-order valence-electron chi connectivity index (χ4n) is 3.09. The molecule has 1 aliphatic rings. The highest BCUT2D eigenvalue weighted by atomic mass is 32.2. The maximum Gasteiger partial charge on any atom is 0.230 e. The van der Waals surface area contributed by atoms with Gasteiger partial charge in [-0.05, 0) is 37.2 Å². The lowest BCUT2D eigenvalue weighted by Gasteiger charge is -2.34. The number of hydrogen-bond acceptors (Lipinski definition) is 4. The zero-order valence-corrected chi connectivity index (χ0v) is 17.1. The lowest BCUT2D eigenvalue weighted by Crippen LogP contribution is -2.44. The molecule has 0 atom stereocenters. The van der Waals surface area contributed by atoms with E-state index < -0.39 is 0 Å². The van der Waals surface area contributed by atoms with Crippen LogP contribution in [0.25, 0.3) is 0 Å². The first kappa shape index (κ1) is 19.8. The molecule has 1 fully saturated rings. The minimum Gasteiger partial charge on any atom is -0.369 e. The molecule has 0 saturated carbocycles. The largest absolute Gasteiger partial charge is 0.369 e. The third-order valence-corrected chi connectivity index (χ3v) is 5.92. The maximum absolute atomic E-state index is 12.1. The molecule has 0 unspecified atom stereocenters. The second-order valence-corrected chi connectivity index (χ2v) is 8.20. The second kappa shape index (κ2) is 9.81. The van der Waals surface area contributed by atoms with Crippen molar-refractivity contribution in [2.45, 2.75) is 19.2 Å². The predicted octanol–water partition coefficient (Wildman–Crippen LogP) is 3.30. The van der Waals surface area contributed by atoms with Gasteiger partial charge in [0.1, 0.15) is 0 Å². The van der Waals surface area contributed by atoms with E-state index in [9.17, 15) is 4.79 Å². The number of piperazine rings is 1. The van der Waals surface area contributed by atoms with Crippen molar-refractivity contribution in [1.82, 2.24) is 10.2 Å². The summed E-state index contributed by atoms with van der Waals surface area (Å²) >= 11 is 1.65. The first-order valence-corrected chi connectivity index (χ1v) is 10.7. The molecule has 1 saturated heterocycles. The highest BCUT2D eigenvalue weighted by molar-refractivity contribution is 7.99. The Hall–Kier alpha value is -1.98. The van der Waals surface area contributed by atoms with Crippen LogP contribution in [-0.4, -0.2) is 49.8 Å². The van der Waals surface area contributed by atoms with Gasteiger partial charge in [-0.1, -0.05) is 42.0 Å². The molecule has 27 heavy (non-hydrogen) atoms. The van der Waals surface area contributed by atoms with Crippen molar-refractivity contribution in [3.63, 3.8) is 0 Å². The van der Waals surface area contributed by atoms with Gasteiger partial charge in [0, 0.05) is 44.2 Å². The summed E-state index contributed by atoms with van der Waals surface area (Å²) in [5, 5.41) is 3.02. The Kier molecular flexibility index (Phi) is 7.18. The number of benzene rings is 2. The number of aryl methyl sites for hydroxylation is 1. The number of nitrogens with zero attached hydrogens (tertiary/aromatic N) is 2. The van der Waals surface area contributed by atoms with Crippen LogP contribution in [0.1, 0.15) is 16.7 Å². The highest BCUT2D eigenvalue weighted by Crippen LogP contribution is 2.17. The molecule has 2 aromatic carbocycles. The van der Waals surface area contributed by atoms with E-state index in [0.29, 0.717) is 12.3 Å². The lowest BCUT2D eigenvalue weighted by molar-refractivity contribution is -0.118. The van der Waals surface area contributed by atoms with Crippen molar-refractivity contribution in [2.24, 2.45) is 0 Å². The smallest absolute Gasteiger partial charge is 0.230 e. The molecular weight excluding hydrogens is 354 g/mol. The average Bonchev–Trinajstić information content (AvgIpc) is 2.69. The fourth-order valence-corrected chi connectivity index (χ4v) is 3.90. The number of amides is 1. The van der Waals surface area contributed by atoms with Crippen molar-refractivity contribution in [3.05, 3.63) is 65.2 Å². The Labute approximate surface area is 166 Å².